The Morgan fingerprint density at radius 2 is 2.24 bits per heavy atom. The van der Waals surface area contributed by atoms with E-state index in [1.54, 1.807) is 0 Å². The van der Waals surface area contributed by atoms with Crippen molar-refractivity contribution >= 4 is 17.5 Å². The molecule has 1 aliphatic heterocycles. The van der Waals surface area contributed by atoms with E-state index in [1.807, 2.05) is 18.0 Å². The zero-order valence-corrected chi connectivity index (χ0v) is 14.8. The van der Waals surface area contributed by atoms with Gasteiger partial charge in [0.2, 0.25) is 0 Å². The predicted octanol–water partition coefficient (Wildman–Crippen LogP) is 2.25. The number of aryl methyl sites for hydroxylation is 2. The van der Waals surface area contributed by atoms with E-state index in [9.17, 15) is 9.59 Å². The van der Waals surface area contributed by atoms with Gasteiger partial charge < -0.3 is 9.88 Å². The molecule has 1 aliphatic carbocycles. The highest BCUT2D eigenvalue weighted by molar-refractivity contribution is 6.30. The Balaban J connectivity index is 1.64. The molecule has 7 heteroatoms. The van der Waals surface area contributed by atoms with E-state index < -0.39 is 0 Å². The van der Waals surface area contributed by atoms with Crippen LogP contribution in [0, 0.1) is 6.92 Å². The number of likely N-dealkylation sites (tertiary alicyclic amines) is 1. The van der Waals surface area contributed by atoms with Crippen LogP contribution in [0.4, 0.5) is 0 Å². The molecule has 1 N–H and O–H groups in total. The second kappa shape index (κ2) is 5.95. The quantitative estimate of drug-likeness (QED) is 0.848. The zero-order valence-electron chi connectivity index (χ0n) is 14.0. The number of amides is 1. The monoisotopic (exact) mass is 358 g/mol. The zero-order chi connectivity index (χ0) is 17.6. The summed E-state index contributed by atoms with van der Waals surface area (Å²) in [6.45, 7) is 3.25. The summed E-state index contributed by atoms with van der Waals surface area (Å²) in [6.07, 6.45) is 7.29. The number of carbonyl (C=O) groups excluding carboxylic acids is 1. The Bertz CT molecular complexity index is 906. The third kappa shape index (κ3) is 2.74. The van der Waals surface area contributed by atoms with Crippen molar-refractivity contribution in [3.63, 3.8) is 0 Å². The Hall–Kier alpha value is -2.21. The van der Waals surface area contributed by atoms with Gasteiger partial charge in [-0.2, -0.15) is 0 Å². The minimum atomic E-state index is -0.384. The normalized spacial score (nSPS) is 22.2. The SMILES string of the molecule is Cc1ncc2c(n1)C1(CCCN(C(=O)c3c[nH]c(=O)c(Cl)c3)C1)CC2. The summed E-state index contributed by atoms with van der Waals surface area (Å²) in [7, 11) is 0. The van der Waals surface area contributed by atoms with Gasteiger partial charge >= 0.3 is 0 Å². The van der Waals surface area contributed by atoms with Crippen LogP contribution in [0.25, 0.3) is 0 Å². The molecule has 0 aromatic carbocycles. The standard InChI is InChI=1S/C18H19ClN4O2/c1-11-20-8-12-3-5-18(15(12)22-11)4-2-6-23(10-18)17(25)13-7-14(19)16(24)21-9-13/h7-9H,2-6,10H2,1H3,(H,21,24). The molecule has 1 saturated heterocycles. The number of H-pyrrole nitrogens is 1. The highest BCUT2D eigenvalue weighted by Crippen LogP contribution is 2.44. The summed E-state index contributed by atoms with van der Waals surface area (Å²) >= 11 is 5.87. The van der Waals surface area contributed by atoms with Gasteiger partial charge in [0.15, 0.2) is 0 Å². The van der Waals surface area contributed by atoms with E-state index in [4.69, 9.17) is 16.6 Å². The first kappa shape index (κ1) is 16.3. The number of nitrogens with one attached hydrogen (secondary N) is 1. The summed E-state index contributed by atoms with van der Waals surface area (Å²) in [5.41, 5.74) is 2.26. The topological polar surface area (TPSA) is 79.0 Å². The molecule has 6 nitrogen and oxygen atoms in total. The van der Waals surface area contributed by atoms with Crippen molar-refractivity contribution in [2.75, 3.05) is 13.1 Å². The first-order valence-corrected chi connectivity index (χ1v) is 8.87. The maximum atomic E-state index is 12.9. The first-order valence-electron chi connectivity index (χ1n) is 8.49. The molecule has 1 unspecified atom stereocenters. The third-order valence-corrected chi connectivity index (χ3v) is 5.61. The van der Waals surface area contributed by atoms with E-state index in [2.05, 4.69) is 9.97 Å². The number of hydrogen-bond donors (Lipinski definition) is 1. The van der Waals surface area contributed by atoms with Crippen molar-refractivity contribution < 1.29 is 4.79 Å². The summed E-state index contributed by atoms with van der Waals surface area (Å²) in [5.74, 6) is 0.673. The number of aromatic nitrogens is 3. The lowest BCUT2D eigenvalue weighted by Gasteiger charge is -2.40. The second-order valence-electron chi connectivity index (χ2n) is 6.97. The fraction of sp³-hybridized carbons (Fsp3) is 0.444. The van der Waals surface area contributed by atoms with Crippen LogP contribution in [0.5, 0.6) is 0 Å². The van der Waals surface area contributed by atoms with Crippen molar-refractivity contribution in [2.24, 2.45) is 0 Å². The predicted molar refractivity (Wildman–Crippen MR) is 94.0 cm³/mol. The van der Waals surface area contributed by atoms with Gasteiger partial charge in [-0.1, -0.05) is 11.6 Å². The van der Waals surface area contributed by atoms with E-state index in [1.165, 1.54) is 17.8 Å². The summed E-state index contributed by atoms with van der Waals surface area (Å²) in [5, 5.41) is 0.0344. The molecule has 0 radical (unpaired) electrons. The molecule has 130 valence electrons. The van der Waals surface area contributed by atoms with Crippen LogP contribution in [-0.4, -0.2) is 38.8 Å². The summed E-state index contributed by atoms with van der Waals surface area (Å²) in [6, 6.07) is 1.44. The Labute approximate surface area is 150 Å². The number of fused-ring (bicyclic) bond motifs is 2. The highest BCUT2D eigenvalue weighted by atomic mass is 35.5. The van der Waals surface area contributed by atoms with Gasteiger partial charge in [-0.05, 0) is 44.2 Å². The number of aromatic amines is 1. The first-order chi connectivity index (χ1) is 12.0. The smallest absolute Gasteiger partial charge is 0.266 e. The minimum Gasteiger partial charge on any atom is -0.338 e. The van der Waals surface area contributed by atoms with Crippen LogP contribution in [0.2, 0.25) is 5.02 Å². The fourth-order valence-electron chi connectivity index (χ4n) is 4.09. The maximum Gasteiger partial charge on any atom is 0.266 e. The Kier molecular flexibility index (Phi) is 3.87. The van der Waals surface area contributed by atoms with Crippen LogP contribution >= 0.6 is 11.6 Å². The summed E-state index contributed by atoms with van der Waals surface area (Å²) in [4.78, 5) is 37.7. The third-order valence-electron chi connectivity index (χ3n) is 5.33. The largest absolute Gasteiger partial charge is 0.338 e. The molecule has 1 amide bonds. The molecule has 0 bridgehead atoms. The van der Waals surface area contributed by atoms with Crippen LogP contribution < -0.4 is 5.56 Å². The van der Waals surface area contributed by atoms with Crippen molar-refractivity contribution in [2.45, 2.75) is 38.0 Å². The van der Waals surface area contributed by atoms with E-state index in [-0.39, 0.29) is 21.9 Å². The van der Waals surface area contributed by atoms with Gasteiger partial charge in [0.25, 0.3) is 11.5 Å². The average molecular weight is 359 g/mol. The molecule has 4 rings (SSSR count). The molecule has 1 fully saturated rings. The van der Waals surface area contributed by atoms with Gasteiger partial charge in [-0.3, -0.25) is 9.59 Å². The molecule has 1 atom stereocenters. The fourth-order valence-corrected chi connectivity index (χ4v) is 4.27. The Morgan fingerprint density at radius 1 is 1.40 bits per heavy atom. The summed E-state index contributed by atoms with van der Waals surface area (Å²) < 4.78 is 0. The maximum absolute atomic E-state index is 12.9. The number of hydrogen-bond acceptors (Lipinski definition) is 4. The molecule has 2 aliphatic rings. The van der Waals surface area contributed by atoms with Crippen LogP contribution in [0.15, 0.2) is 23.3 Å². The van der Waals surface area contributed by atoms with Crippen molar-refractivity contribution in [1.29, 1.82) is 0 Å². The van der Waals surface area contributed by atoms with Crippen LogP contribution in [0.3, 0.4) is 0 Å². The van der Waals surface area contributed by atoms with Gasteiger partial charge in [-0.15, -0.1) is 0 Å². The number of nitrogens with zero attached hydrogens (tertiary/aromatic N) is 3. The second-order valence-corrected chi connectivity index (χ2v) is 7.37. The molecule has 2 aromatic rings. The molecule has 3 heterocycles. The number of piperidine rings is 1. The number of rotatable bonds is 1. The van der Waals surface area contributed by atoms with Crippen molar-refractivity contribution in [3.8, 4) is 0 Å². The molecule has 2 aromatic heterocycles. The Morgan fingerprint density at radius 3 is 3.04 bits per heavy atom. The van der Waals surface area contributed by atoms with Gasteiger partial charge in [0, 0.05) is 30.9 Å². The number of halogens is 1. The average Bonchev–Trinajstić information content (AvgIpc) is 2.94. The van der Waals surface area contributed by atoms with E-state index >= 15 is 0 Å². The van der Waals surface area contributed by atoms with Gasteiger partial charge in [0.1, 0.15) is 10.8 Å². The lowest BCUT2D eigenvalue weighted by atomic mass is 9.77. The molecular weight excluding hydrogens is 340 g/mol. The number of carbonyl (C=O) groups is 1. The molecule has 0 saturated carbocycles. The molecular formula is C18H19ClN4O2. The lowest BCUT2D eigenvalue weighted by molar-refractivity contribution is 0.0633. The number of pyridine rings is 1. The van der Waals surface area contributed by atoms with Crippen LogP contribution in [0.1, 0.15) is 46.7 Å². The molecule has 25 heavy (non-hydrogen) atoms. The van der Waals surface area contributed by atoms with Gasteiger partial charge in [-0.25, -0.2) is 9.97 Å². The van der Waals surface area contributed by atoms with Crippen LogP contribution in [-0.2, 0) is 11.8 Å². The van der Waals surface area contributed by atoms with Crippen molar-refractivity contribution in [3.05, 3.63) is 56.5 Å². The molecule has 1 spiro atoms. The van der Waals surface area contributed by atoms with Gasteiger partial charge in [0.05, 0.1) is 11.3 Å². The lowest BCUT2D eigenvalue weighted by Crippen LogP contribution is -2.48. The van der Waals surface area contributed by atoms with E-state index in [0.29, 0.717) is 18.7 Å². The highest BCUT2D eigenvalue weighted by Gasteiger charge is 2.44. The minimum absolute atomic E-state index is 0.0344. The van der Waals surface area contributed by atoms with Crippen molar-refractivity contribution in [1.82, 2.24) is 19.9 Å². The van der Waals surface area contributed by atoms with E-state index in [0.717, 1.165) is 37.2 Å².